The van der Waals surface area contributed by atoms with Crippen molar-refractivity contribution in [2.75, 3.05) is 71.5 Å². The molecule has 1 saturated heterocycles. The molecule has 206 valence electrons. The van der Waals surface area contributed by atoms with E-state index in [1.165, 1.54) is 11.3 Å². The highest BCUT2D eigenvalue weighted by Gasteiger charge is 2.18. The predicted octanol–water partition coefficient (Wildman–Crippen LogP) is 4.39. The summed E-state index contributed by atoms with van der Waals surface area (Å²) in [6.07, 6.45) is 2.01. The number of amides is 2. The van der Waals surface area contributed by atoms with E-state index < -0.39 is 0 Å². The summed E-state index contributed by atoms with van der Waals surface area (Å²) in [4.78, 5) is 42.7. The van der Waals surface area contributed by atoms with Crippen LogP contribution in [0.2, 0.25) is 10.0 Å². The molecule has 2 N–H and O–H groups in total. The first-order chi connectivity index (χ1) is 17.5. The fourth-order valence-corrected chi connectivity index (χ4v) is 4.31. The summed E-state index contributed by atoms with van der Waals surface area (Å²) in [5.74, 6) is 0.687. The molecule has 0 radical (unpaired) electrons. The van der Waals surface area contributed by atoms with Gasteiger partial charge in [0.15, 0.2) is 6.29 Å². The van der Waals surface area contributed by atoms with Gasteiger partial charge in [0.1, 0.15) is 10.7 Å². The van der Waals surface area contributed by atoms with Gasteiger partial charge in [-0.3, -0.25) is 14.4 Å². The van der Waals surface area contributed by atoms with Crippen LogP contribution in [0, 0.1) is 0 Å². The fourth-order valence-electron chi connectivity index (χ4n) is 3.06. The van der Waals surface area contributed by atoms with Gasteiger partial charge in [-0.15, -0.1) is 11.3 Å². The number of halogens is 2. The Morgan fingerprint density at radius 3 is 2.43 bits per heavy atom. The van der Waals surface area contributed by atoms with Gasteiger partial charge in [-0.2, -0.15) is 0 Å². The van der Waals surface area contributed by atoms with Crippen molar-refractivity contribution in [3.63, 3.8) is 0 Å². The van der Waals surface area contributed by atoms with E-state index >= 15 is 0 Å². The molecule has 0 atom stereocenters. The Bertz CT molecular complexity index is 1000. The van der Waals surface area contributed by atoms with Gasteiger partial charge < -0.3 is 25.3 Å². The monoisotopic (exact) mass is 572 g/mol. The zero-order valence-corrected chi connectivity index (χ0v) is 24.7. The van der Waals surface area contributed by atoms with E-state index in [-0.39, 0.29) is 0 Å². The highest BCUT2D eigenvalue weighted by molar-refractivity contribution is 7.16. The van der Waals surface area contributed by atoms with Crippen LogP contribution in [0.4, 0.5) is 10.7 Å². The number of hydrogen-bond acceptors (Lipinski definition) is 8. The summed E-state index contributed by atoms with van der Waals surface area (Å²) in [6, 6.07) is 5.03. The Hall–Kier alpha value is -2.24. The predicted molar refractivity (Wildman–Crippen MR) is 155 cm³/mol. The largest absolute Gasteiger partial charge is 0.378 e. The standard InChI is InChI=1S/C10H21N3O.C8H12N2OS.C7H5Cl2NO/c1-11(2)6-8-13-9-7-12(3)5-4-10(13)14;1-5(2)7-10-6(4-11)8(9-3)12-7;8-5-2-1-3-6(7(5)9)10-4-11/h4-9H2,1-3H3;4-5,9H,1-3H3;1-4H,(H,10,11). The smallest absolute Gasteiger partial charge is 0.223 e. The normalized spacial score (nSPS) is 13.8. The van der Waals surface area contributed by atoms with Crippen LogP contribution in [0.3, 0.4) is 0 Å². The zero-order chi connectivity index (χ0) is 28.0. The minimum atomic E-state index is 0.302. The molecule has 2 amide bonds. The molecule has 9 nitrogen and oxygen atoms in total. The number of carbonyl (C=O) groups is 3. The number of likely N-dealkylation sites (N-methyl/N-ethyl adjacent to an activating group) is 2. The molecule has 0 saturated carbocycles. The Balaban J connectivity index is 0.000000280. The maximum absolute atomic E-state index is 11.7. The third-order valence-electron chi connectivity index (χ3n) is 5.30. The first-order valence-electron chi connectivity index (χ1n) is 11.9. The van der Waals surface area contributed by atoms with Crippen molar-refractivity contribution in [3.05, 3.63) is 38.9 Å². The van der Waals surface area contributed by atoms with E-state index in [4.69, 9.17) is 23.2 Å². The number of carbonyl (C=O) groups excluding carboxylic acids is 3. The Labute approximate surface area is 234 Å². The van der Waals surface area contributed by atoms with Gasteiger partial charge in [0.25, 0.3) is 0 Å². The maximum atomic E-state index is 11.7. The molecular weight excluding hydrogens is 535 g/mol. The molecule has 12 heteroatoms. The summed E-state index contributed by atoms with van der Waals surface area (Å²) in [5, 5.41) is 8.01. The molecule has 37 heavy (non-hydrogen) atoms. The molecule has 0 spiro atoms. The van der Waals surface area contributed by atoms with Crippen molar-refractivity contribution in [1.29, 1.82) is 0 Å². The lowest BCUT2D eigenvalue weighted by atomic mass is 10.2. The summed E-state index contributed by atoms with van der Waals surface area (Å²) in [5.41, 5.74) is 1.04. The average Bonchev–Trinajstić information content (AvgIpc) is 3.23. The highest BCUT2D eigenvalue weighted by atomic mass is 35.5. The molecule has 1 aromatic carbocycles. The van der Waals surface area contributed by atoms with Gasteiger partial charge in [0.2, 0.25) is 12.3 Å². The SMILES string of the molecule is CN(C)CCN1CCN(C)CCC1=O.CNc1sc(C(C)C)nc1C=O.O=CNc1cccc(Cl)c1Cl. The molecule has 0 bridgehead atoms. The van der Waals surface area contributed by atoms with Crippen molar-refractivity contribution < 1.29 is 14.4 Å². The molecule has 0 aliphatic carbocycles. The number of nitrogens with one attached hydrogen (secondary N) is 2. The van der Waals surface area contributed by atoms with Gasteiger partial charge in [0, 0.05) is 52.1 Å². The summed E-state index contributed by atoms with van der Waals surface area (Å²) in [7, 11) is 7.94. The van der Waals surface area contributed by atoms with E-state index in [1.54, 1.807) is 25.2 Å². The third-order valence-corrected chi connectivity index (χ3v) is 7.51. The van der Waals surface area contributed by atoms with Crippen LogP contribution in [0.25, 0.3) is 0 Å². The lowest BCUT2D eigenvalue weighted by Crippen LogP contribution is -2.37. The fraction of sp³-hybridized carbons (Fsp3) is 0.520. The number of nitrogens with zero attached hydrogens (tertiary/aromatic N) is 4. The Morgan fingerprint density at radius 2 is 1.89 bits per heavy atom. The Morgan fingerprint density at radius 1 is 1.19 bits per heavy atom. The number of aromatic nitrogens is 1. The number of thiazole rings is 1. The van der Waals surface area contributed by atoms with Crippen LogP contribution >= 0.6 is 34.5 Å². The van der Waals surface area contributed by atoms with E-state index in [0.717, 1.165) is 49.0 Å². The number of anilines is 2. The highest BCUT2D eigenvalue weighted by Crippen LogP contribution is 2.29. The lowest BCUT2D eigenvalue weighted by molar-refractivity contribution is -0.130. The molecule has 2 heterocycles. The van der Waals surface area contributed by atoms with E-state index in [2.05, 4.69) is 46.3 Å². The average molecular weight is 574 g/mol. The van der Waals surface area contributed by atoms with Gasteiger partial charge in [-0.05, 0) is 33.3 Å². The second-order valence-corrected chi connectivity index (χ2v) is 10.7. The molecule has 1 aliphatic rings. The first kappa shape index (κ1) is 32.8. The molecular formula is C25H38Cl2N6O3S. The maximum Gasteiger partial charge on any atom is 0.223 e. The number of aldehydes is 1. The van der Waals surface area contributed by atoms with E-state index in [0.29, 0.717) is 46.1 Å². The van der Waals surface area contributed by atoms with Crippen molar-refractivity contribution >= 4 is 63.8 Å². The molecule has 0 unspecified atom stereocenters. The van der Waals surface area contributed by atoms with Crippen molar-refractivity contribution in [1.82, 2.24) is 19.7 Å². The number of benzene rings is 1. The molecule has 2 aromatic rings. The van der Waals surface area contributed by atoms with Crippen LogP contribution in [0.1, 0.15) is 41.7 Å². The molecule has 1 fully saturated rings. The molecule has 1 aliphatic heterocycles. The second-order valence-electron chi connectivity index (χ2n) is 8.89. The van der Waals surface area contributed by atoms with Crippen molar-refractivity contribution in [2.45, 2.75) is 26.2 Å². The van der Waals surface area contributed by atoms with Gasteiger partial charge in [-0.25, -0.2) is 4.98 Å². The van der Waals surface area contributed by atoms with E-state index in [9.17, 15) is 14.4 Å². The lowest BCUT2D eigenvalue weighted by Gasteiger charge is -2.22. The van der Waals surface area contributed by atoms with Crippen LogP contribution in [-0.2, 0) is 9.59 Å². The second kappa shape index (κ2) is 17.3. The van der Waals surface area contributed by atoms with Gasteiger partial charge in [0.05, 0.1) is 20.7 Å². The minimum Gasteiger partial charge on any atom is -0.378 e. The summed E-state index contributed by atoms with van der Waals surface area (Å²) < 4.78 is 0. The summed E-state index contributed by atoms with van der Waals surface area (Å²) >= 11 is 12.9. The van der Waals surface area contributed by atoms with Crippen LogP contribution < -0.4 is 10.6 Å². The van der Waals surface area contributed by atoms with Crippen molar-refractivity contribution in [2.24, 2.45) is 0 Å². The Kier molecular flexibility index (Phi) is 15.3. The topological polar surface area (TPSA) is 97.9 Å². The van der Waals surface area contributed by atoms with Crippen LogP contribution in [-0.4, -0.2) is 99.2 Å². The van der Waals surface area contributed by atoms with Gasteiger partial charge in [-0.1, -0.05) is 43.1 Å². The van der Waals surface area contributed by atoms with E-state index in [1.807, 2.05) is 19.0 Å². The number of hydrogen-bond donors (Lipinski definition) is 2. The minimum absolute atomic E-state index is 0.302. The third kappa shape index (κ3) is 11.8. The number of rotatable bonds is 8. The molecule has 3 rings (SSSR count). The van der Waals surface area contributed by atoms with Crippen LogP contribution in [0.15, 0.2) is 18.2 Å². The van der Waals surface area contributed by atoms with Gasteiger partial charge >= 0.3 is 0 Å². The molecule has 1 aromatic heterocycles. The first-order valence-corrected chi connectivity index (χ1v) is 13.5. The zero-order valence-electron chi connectivity index (χ0n) is 22.4. The van der Waals surface area contributed by atoms with Crippen LogP contribution in [0.5, 0.6) is 0 Å². The quantitative estimate of drug-likeness (QED) is 0.452. The summed E-state index contributed by atoms with van der Waals surface area (Å²) in [6.45, 7) is 8.72. The van der Waals surface area contributed by atoms with Crippen molar-refractivity contribution in [3.8, 4) is 0 Å².